The Morgan fingerprint density at radius 3 is 2.51 bits per heavy atom. The Kier molecular flexibility index (Phi) is 9.53. The summed E-state index contributed by atoms with van der Waals surface area (Å²) < 4.78 is 10.8. The fourth-order valence-electron chi connectivity index (χ4n) is 4.69. The van der Waals surface area contributed by atoms with Crippen molar-refractivity contribution in [3.63, 3.8) is 0 Å². The van der Waals surface area contributed by atoms with Gasteiger partial charge in [0.2, 0.25) is 5.91 Å². The number of alkyl carbamates (subject to hydrolysis) is 1. The van der Waals surface area contributed by atoms with Crippen LogP contribution in [0.5, 0.6) is 0 Å². The van der Waals surface area contributed by atoms with E-state index in [1.54, 1.807) is 16.2 Å². The zero-order chi connectivity index (χ0) is 28.0. The minimum atomic E-state index is -0.490. The number of nitrogens with two attached hydrogens (primary N) is 1. The number of rotatable bonds is 8. The number of thiophene rings is 1. The molecule has 1 aromatic heterocycles. The lowest BCUT2D eigenvalue weighted by molar-refractivity contribution is -0.117. The van der Waals surface area contributed by atoms with E-state index < -0.39 is 11.7 Å². The number of amides is 3. The van der Waals surface area contributed by atoms with Crippen LogP contribution < -0.4 is 16.4 Å². The van der Waals surface area contributed by atoms with E-state index in [9.17, 15) is 14.4 Å². The van der Waals surface area contributed by atoms with Gasteiger partial charge in [-0.2, -0.15) is 0 Å². The van der Waals surface area contributed by atoms with E-state index in [1.807, 2.05) is 26.8 Å². The molecule has 2 aliphatic heterocycles. The van der Waals surface area contributed by atoms with Crippen LogP contribution in [-0.2, 0) is 20.7 Å². The Balaban J connectivity index is 1.24. The van der Waals surface area contributed by atoms with E-state index in [1.165, 1.54) is 4.88 Å². The first-order chi connectivity index (χ1) is 18.6. The van der Waals surface area contributed by atoms with Crippen molar-refractivity contribution >= 4 is 47.0 Å². The number of ether oxygens (including phenoxy) is 2. The molecule has 0 atom stereocenters. The maximum absolute atomic E-state index is 12.9. The normalized spacial score (nSPS) is 18.2. The van der Waals surface area contributed by atoms with E-state index >= 15 is 0 Å². The lowest BCUT2D eigenvalue weighted by Crippen LogP contribution is -2.42. The highest BCUT2D eigenvalue weighted by Gasteiger charge is 2.28. The molecule has 4 rings (SSSR count). The highest BCUT2D eigenvalue weighted by Crippen LogP contribution is 2.36. The third-order valence-corrected chi connectivity index (χ3v) is 8.11. The van der Waals surface area contributed by atoms with Crippen LogP contribution >= 0.6 is 11.3 Å². The molecular weight excluding hydrogens is 518 g/mol. The number of hydrogen-bond donors (Lipinski definition) is 3. The Bertz CT molecular complexity index is 1110. The average molecular weight is 560 g/mol. The van der Waals surface area contributed by atoms with Gasteiger partial charge in [0.25, 0.3) is 0 Å². The summed E-state index contributed by atoms with van der Waals surface area (Å²) >= 11 is 1.64. The topological polar surface area (TPSA) is 135 Å². The van der Waals surface area contributed by atoms with Gasteiger partial charge in [-0.1, -0.05) is 0 Å². The summed E-state index contributed by atoms with van der Waals surface area (Å²) in [4.78, 5) is 45.4. The quantitative estimate of drug-likeness (QED) is 0.402. The van der Waals surface area contributed by atoms with Crippen molar-refractivity contribution in [2.45, 2.75) is 83.8 Å². The molecule has 214 valence electrons. The molecule has 3 aliphatic rings. The smallest absolute Gasteiger partial charge is 0.410 e. The van der Waals surface area contributed by atoms with Gasteiger partial charge in [0.1, 0.15) is 17.5 Å². The Morgan fingerprint density at radius 1 is 1.13 bits per heavy atom. The molecule has 1 aromatic rings. The molecule has 0 spiro atoms. The first-order valence-corrected chi connectivity index (χ1v) is 14.7. The molecule has 1 aliphatic carbocycles. The lowest BCUT2D eigenvalue weighted by Gasteiger charge is -2.33. The Labute approximate surface area is 234 Å². The van der Waals surface area contributed by atoms with Crippen LogP contribution in [0, 0.1) is 5.92 Å². The second-order valence-electron chi connectivity index (χ2n) is 11.5. The van der Waals surface area contributed by atoms with Gasteiger partial charge in [-0.05, 0) is 83.8 Å². The second kappa shape index (κ2) is 12.8. The van der Waals surface area contributed by atoms with Crippen LogP contribution in [0.3, 0.4) is 0 Å². The molecule has 0 radical (unpaired) electrons. The molecule has 39 heavy (non-hydrogen) atoms. The number of carbonyl (C=O) groups excluding carboxylic acids is 3. The van der Waals surface area contributed by atoms with Gasteiger partial charge < -0.3 is 30.7 Å². The third-order valence-electron chi connectivity index (χ3n) is 7.01. The van der Waals surface area contributed by atoms with Crippen molar-refractivity contribution < 1.29 is 23.9 Å². The van der Waals surface area contributed by atoms with Crippen LogP contribution in [0.25, 0.3) is 6.08 Å². The fourth-order valence-corrected chi connectivity index (χ4v) is 5.87. The maximum Gasteiger partial charge on any atom is 0.410 e. The molecule has 10 nitrogen and oxygen atoms in total. The molecule has 0 bridgehead atoms. The maximum atomic E-state index is 12.9. The van der Waals surface area contributed by atoms with Crippen molar-refractivity contribution in [1.82, 2.24) is 15.5 Å². The molecule has 4 N–H and O–H groups in total. The summed E-state index contributed by atoms with van der Waals surface area (Å²) in [6, 6.07) is 2.07. The van der Waals surface area contributed by atoms with E-state index in [0.717, 1.165) is 49.1 Å². The van der Waals surface area contributed by atoms with Crippen LogP contribution in [0.15, 0.2) is 16.6 Å². The van der Waals surface area contributed by atoms with Crippen molar-refractivity contribution in [1.29, 1.82) is 0 Å². The summed E-state index contributed by atoms with van der Waals surface area (Å²) in [5.74, 6) is 0.701. The predicted octanol–water partition coefficient (Wildman–Crippen LogP) is 4.50. The SMILES string of the molecule is CC(C)(C)OC(=O)N1CCC(Cc2cc3c(s2)C=C(C(=O)NCCCNC(=O)OC2CCC2)CC(N)=N3)CC1. The summed E-state index contributed by atoms with van der Waals surface area (Å²) in [5, 5.41) is 5.65. The average Bonchev–Trinajstić information content (AvgIpc) is 3.12. The van der Waals surface area contributed by atoms with Crippen molar-refractivity contribution in [3.05, 3.63) is 21.4 Å². The van der Waals surface area contributed by atoms with Crippen molar-refractivity contribution in [2.24, 2.45) is 16.6 Å². The second-order valence-corrected chi connectivity index (χ2v) is 12.7. The molecule has 1 saturated carbocycles. The number of aliphatic imine (C=N–C) groups is 1. The highest BCUT2D eigenvalue weighted by atomic mass is 32.1. The van der Waals surface area contributed by atoms with E-state index in [4.69, 9.17) is 15.2 Å². The molecule has 11 heteroatoms. The first-order valence-electron chi connectivity index (χ1n) is 13.9. The number of nitrogens with one attached hydrogen (secondary N) is 2. The standard InChI is InChI=1S/C28H41N5O5S/c1-28(2,3)38-27(36)33-12-8-18(9-13-33)14-21-17-22-23(39-21)15-19(16-24(29)32-22)25(34)30-10-5-11-31-26(35)37-20-6-4-7-20/h15,17-18,20H,4-14,16H2,1-3H3,(H2,29,32)(H,30,34)(H,31,35). The molecule has 3 heterocycles. The summed E-state index contributed by atoms with van der Waals surface area (Å²) in [5.41, 5.74) is 7.03. The molecular formula is C28H41N5O5S. The summed E-state index contributed by atoms with van der Waals surface area (Å²) in [6.07, 6.45) is 7.93. The molecule has 2 fully saturated rings. The van der Waals surface area contributed by atoms with Gasteiger partial charge >= 0.3 is 12.2 Å². The monoisotopic (exact) mass is 559 g/mol. The molecule has 0 aromatic carbocycles. The van der Waals surface area contributed by atoms with E-state index in [2.05, 4.69) is 21.7 Å². The minimum Gasteiger partial charge on any atom is -0.446 e. The summed E-state index contributed by atoms with van der Waals surface area (Å²) in [6.45, 7) is 7.89. The fraction of sp³-hybridized carbons (Fsp3) is 0.643. The van der Waals surface area contributed by atoms with Gasteiger partial charge in [0.15, 0.2) is 0 Å². The zero-order valence-corrected chi connectivity index (χ0v) is 24.0. The Hall–Kier alpha value is -3.08. The van der Waals surface area contributed by atoms with Gasteiger partial charge in [-0.15, -0.1) is 11.3 Å². The van der Waals surface area contributed by atoms with Crippen molar-refractivity contribution in [2.75, 3.05) is 26.2 Å². The van der Waals surface area contributed by atoms with Gasteiger partial charge in [0, 0.05) is 43.1 Å². The number of carbonyl (C=O) groups is 3. The van der Waals surface area contributed by atoms with Gasteiger partial charge in [-0.3, -0.25) is 4.79 Å². The number of piperidine rings is 1. The first kappa shape index (κ1) is 28.9. The number of hydrogen-bond acceptors (Lipinski definition) is 8. The van der Waals surface area contributed by atoms with Gasteiger partial charge in [-0.25, -0.2) is 14.6 Å². The highest BCUT2D eigenvalue weighted by molar-refractivity contribution is 7.13. The molecule has 3 amide bonds. The number of amidine groups is 1. The van der Waals surface area contributed by atoms with Crippen LogP contribution in [0.1, 0.15) is 75.5 Å². The Morgan fingerprint density at radius 2 is 1.85 bits per heavy atom. The summed E-state index contributed by atoms with van der Waals surface area (Å²) in [7, 11) is 0. The van der Waals surface area contributed by atoms with Crippen LogP contribution in [0.4, 0.5) is 15.3 Å². The third kappa shape index (κ3) is 8.71. The number of likely N-dealkylation sites (tertiary alicyclic amines) is 1. The number of fused-ring (bicyclic) bond motifs is 1. The van der Waals surface area contributed by atoms with Crippen LogP contribution in [0.2, 0.25) is 0 Å². The minimum absolute atomic E-state index is 0.0545. The largest absolute Gasteiger partial charge is 0.446 e. The van der Waals surface area contributed by atoms with E-state index in [-0.39, 0.29) is 24.5 Å². The van der Waals surface area contributed by atoms with Crippen molar-refractivity contribution in [3.8, 4) is 0 Å². The van der Waals surface area contributed by atoms with E-state index in [0.29, 0.717) is 49.9 Å². The van der Waals surface area contributed by atoms with Gasteiger partial charge in [0.05, 0.1) is 10.6 Å². The lowest BCUT2D eigenvalue weighted by atomic mass is 9.93. The molecule has 0 unspecified atom stereocenters. The van der Waals surface area contributed by atoms with Crippen LogP contribution in [-0.4, -0.2) is 66.7 Å². The number of nitrogens with zero attached hydrogens (tertiary/aromatic N) is 2. The zero-order valence-electron chi connectivity index (χ0n) is 23.2. The predicted molar refractivity (Wildman–Crippen MR) is 152 cm³/mol. The molecule has 1 saturated heterocycles.